The zero-order chi connectivity index (χ0) is 14.3. The first-order valence-electron chi connectivity index (χ1n) is 6.80. The van der Waals surface area contributed by atoms with Crippen molar-refractivity contribution in [2.75, 3.05) is 13.7 Å². The number of rotatable bonds is 3. The Morgan fingerprint density at radius 3 is 2.68 bits per heavy atom. The number of hydrogen-bond acceptors (Lipinski definition) is 4. The van der Waals surface area contributed by atoms with E-state index in [1.807, 2.05) is 20.8 Å². The molecule has 0 spiro atoms. The van der Waals surface area contributed by atoms with Gasteiger partial charge in [0.25, 0.3) is 0 Å². The van der Waals surface area contributed by atoms with Gasteiger partial charge in [0.15, 0.2) is 0 Å². The fourth-order valence-electron chi connectivity index (χ4n) is 3.45. The molecule has 2 fully saturated rings. The molecule has 0 aromatic heterocycles. The lowest BCUT2D eigenvalue weighted by molar-refractivity contribution is -0.114. The Bertz CT molecular complexity index is 376. The topological polar surface area (TPSA) is 55.8 Å². The second-order valence-corrected chi connectivity index (χ2v) is 6.56. The molecule has 0 radical (unpaired) electrons. The number of ether oxygens (including phenoxy) is 2. The highest BCUT2D eigenvalue weighted by Gasteiger charge is 2.60. The molecule has 2 aliphatic heterocycles. The predicted molar refractivity (Wildman–Crippen MR) is 69.9 cm³/mol. The SMILES string of the molecule is COCC12CCC(CC1C=O)N2C(=O)OC(C)(C)C. The number of aldehydes is 1. The molecule has 2 rings (SSSR count). The molecule has 2 heterocycles. The summed E-state index contributed by atoms with van der Waals surface area (Å²) in [6.45, 7) is 5.95. The second-order valence-electron chi connectivity index (χ2n) is 6.56. The maximum atomic E-state index is 12.4. The monoisotopic (exact) mass is 269 g/mol. The van der Waals surface area contributed by atoms with Crippen LogP contribution in [-0.2, 0) is 14.3 Å². The number of carbonyl (C=O) groups excluding carboxylic acids is 2. The number of nitrogens with zero attached hydrogens (tertiary/aromatic N) is 1. The molecular weight excluding hydrogens is 246 g/mol. The van der Waals surface area contributed by atoms with Gasteiger partial charge in [-0.1, -0.05) is 0 Å². The first-order valence-corrected chi connectivity index (χ1v) is 6.80. The van der Waals surface area contributed by atoms with Gasteiger partial charge in [0.1, 0.15) is 11.9 Å². The van der Waals surface area contributed by atoms with Gasteiger partial charge in [-0.2, -0.15) is 0 Å². The third-order valence-electron chi connectivity index (χ3n) is 4.12. The fourth-order valence-corrected chi connectivity index (χ4v) is 3.45. The Morgan fingerprint density at radius 2 is 2.16 bits per heavy atom. The lowest BCUT2D eigenvalue weighted by Gasteiger charge is -2.37. The van der Waals surface area contributed by atoms with Crippen LogP contribution >= 0.6 is 0 Å². The van der Waals surface area contributed by atoms with Gasteiger partial charge in [-0.3, -0.25) is 4.90 Å². The second kappa shape index (κ2) is 4.78. The molecule has 5 heteroatoms. The van der Waals surface area contributed by atoms with E-state index < -0.39 is 11.1 Å². The molecule has 1 amide bonds. The molecule has 108 valence electrons. The molecule has 2 aliphatic rings. The maximum Gasteiger partial charge on any atom is 0.411 e. The average Bonchev–Trinajstić information content (AvgIpc) is 2.78. The van der Waals surface area contributed by atoms with Crippen molar-refractivity contribution in [1.82, 2.24) is 4.90 Å². The molecule has 5 nitrogen and oxygen atoms in total. The van der Waals surface area contributed by atoms with Crippen molar-refractivity contribution >= 4 is 12.4 Å². The summed E-state index contributed by atoms with van der Waals surface area (Å²) in [5, 5.41) is 0. The van der Waals surface area contributed by atoms with Crippen LogP contribution in [-0.4, -0.2) is 48.2 Å². The van der Waals surface area contributed by atoms with E-state index in [1.54, 1.807) is 12.0 Å². The molecule has 0 aromatic rings. The van der Waals surface area contributed by atoms with E-state index in [-0.39, 0.29) is 18.1 Å². The Balaban J connectivity index is 2.24. The van der Waals surface area contributed by atoms with E-state index in [0.29, 0.717) is 6.61 Å². The minimum absolute atomic E-state index is 0.111. The number of carbonyl (C=O) groups is 2. The van der Waals surface area contributed by atoms with Gasteiger partial charge in [0.05, 0.1) is 12.1 Å². The number of fused-ring (bicyclic) bond motifs is 2. The Morgan fingerprint density at radius 1 is 1.47 bits per heavy atom. The first-order chi connectivity index (χ1) is 8.84. The van der Waals surface area contributed by atoms with E-state index >= 15 is 0 Å². The summed E-state index contributed by atoms with van der Waals surface area (Å²) in [4.78, 5) is 25.5. The molecule has 0 aromatic carbocycles. The molecule has 19 heavy (non-hydrogen) atoms. The van der Waals surface area contributed by atoms with Gasteiger partial charge in [0, 0.05) is 19.1 Å². The molecule has 0 saturated carbocycles. The normalized spacial score (nSPS) is 33.6. The largest absolute Gasteiger partial charge is 0.444 e. The van der Waals surface area contributed by atoms with Crippen molar-refractivity contribution in [1.29, 1.82) is 0 Å². The summed E-state index contributed by atoms with van der Waals surface area (Å²) >= 11 is 0. The Kier molecular flexibility index (Phi) is 3.60. The van der Waals surface area contributed by atoms with Gasteiger partial charge in [-0.15, -0.1) is 0 Å². The summed E-state index contributed by atoms with van der Waals surface area (Å²) in [6, 6.07) is 0.111. The minimum Gasteiger partial charge on any atom is -0.444 e. The average molecular weight is 269 g/mol. The molecule has 3 unspecified atom stereocenters. The summed E-state index contributed by atoms with van der Waals surface area (Å²) in [7, 11) is 1.61. The summed E-state index contributed by atoms with van der Waals surface area (Å²) in [6.07, 6.45) is 3.11. The van der Waals surface area contributed by atoms with Gasteiger partial charge >= 0.3 is 6.09 Å². The van der Waals surface area contributed by atoms with Crippen molar-refractivity contribution in [2.24, 2.45) is 5.92 Å². The van der Waals surface area contributed by atoms with Crippen LogP contribution in [0.1, 0.15) is 40.0 Å². The highest BCUT2D eigenvalue weighted by Crippen LogP contribution is 2.50. The zero-order valence-electron chi connectivity index (χ0n) is 12.1. The van der Waals surface area contributed by atoms with Gasteiger partial charge < -0.3 is 14.3 Å². The fraction of sp³-hybridized carbons (Fsp3) is 0.857. The minimum atomic E-state index is -0.524. The van der Waals surface area contributed by atoms with Crippen LogP contribution in [0.4, 0.5) is 4.79 Å². The molecule has 2 bridgehead atoms. The maximum absolute atomic E-state index is 12.4. The van der Waals surface area contributed by atoms with E-state index in [2.05, 4.69) is 0 Å². The molecule has 3 atom stereocenters. The van der Waals surface area contributed by atoms with E-state index in [4.69, 9.17) is 9.47 Å². The predicted octanol–water partition coefficient (Wildman–Crippen LogP) is 1.99. The number of methoxy groups -OCH3 is 1. The Hall–Kier alpha value is -1.10. The summed E-state index contributed by atoms with van der Waals surface area (Å²) < 4.78 is 10.8. The van der Waals surface area contributed by atoms with Crippen LogP contribution in [0.15, 0.2) is 0 Å². The molecular formula is C14H23NO4. The van der Waals surface area contributed by atoms with Crippen LogP contribution in [0.3, 0.4) is 0 Å². The van der Waals surface area contributed by atoms with Crippen molar-refractivity contribution in [3.63, 3.8) is 0 Å². The summed E-state index contributed by atoms with van der Waals surface area (Å²) in [5.74, 6) is -0.140. The zero-order valence-corrected chi connectivity index (χ0v) is 12.1. The highest BCUT2D eigenvalue weighted by molar-refractivity contribution is 5.73. The molecule has 0 N–H and O–H groups in total. The lowest BCUT2D eigenvalue weighted by Crippen LogP contribution is -2.53. The lowest BCUT2D eigenvalue weighted by atomic mass is 9.79. The van der Waals surface area contributed by atoms with Crippen molar-refractivity contribution in [3.05, 3.63) is 0 Å². The van der Waals surface area contributed by atoms with Crippen LogP contribution < -0.4 is 0 Å². The van der Waals surface area contributed by atoms with E-state index in [0.717, 1.165) is 25.5 Å². The van der Waals surface area contributed by atoms with Gasteiger partial charge in [-0.25, -0.2) is 4.79 Å². The van der Waals surface area contributed by atoms with Crippen LogP contribution in [0, 0.1) is 5.92 Å². The number of amides is 1. The number of hydrogen-bond donors (Lipinski definition) is 0. The third-order valence-corrected chi connectivity index (χ3v) is 4.12. The third kappa shape index (κ3) is 2.36. The van der Waals surface area contributed by atoms with Crippen molar-refractivity contribution < 1.29 is 19.1 Å². The van der Waals surface area contributed by atoms with Crippen LogP contribution in [0.5, 0.6) is 0 Å². The summed E-state index contributed by atoms with van der Waals surface area (Å²) in [5.41, 5.74) is -1.02. The van der Waals surface area contributed by atoms with Gasteiger partial charge in [0.2, 0.25) is 0 Å². The van der Waals surface area contributed by atoms with Crippen molar-refractivity contribution in [2.45, 2.75) is 57.2 Å². The van der Waals surface area contributed by atoms with Crippen LogP contribution in [0.2, 0.25) is 0 Å². The first kappa shape index (κ1) is 14.3. The van der Waals surface area contributed by atoms with Gasteiger partial charge in [-0.05, 0) is 40.0 Å². The standard InChI is InChI=1S/C14H23NO4/c1-13(2,3)19-12(17)15-11-5-6-14(15,9-18-4)10(7-11)8-16/h8,10-11H,5-7,9H2,1-4H3. The quantitative estimate of drug-likeness (QED) is 0.735. The molecule has 2 saturated heterocycles. The smallest absolute Gasteiger partial charge is 0.411 e. The molecule has 0 aliphatic carbocycles. The Labute approximate surface area is 114 Å². The van der Waals surface area contributed by atoms with E-state index in [1.165, 1.54) is 0 Å². The highest BCUT2D eigenvalue weighted by atomic mass is 16.6. The van der Waals surface area contributed by atoms with Crippen molar-refractivity contribution in [3.8, 4) is 0 Å². The van der Waals surface area contributed by atoms with E-state index in [9.17, 15) is 9.59 Å². The van der Waals surface area contributed by atoms with Crippen LogP contribution in [0.25, 0.3) is 0 Å².